The summed E-state index contributed by atoms with van der Waals surface area (Å²) in [7, 11) is 0. The molecule has 1 aromatic rings. The lowest BCUT2D eigenvalue weighted by Crippen LogP contribution is -2.24. The number of carbonyl (C=O) groups excluding carboxylic acids is 1. The fourth-order valence-corrected chi connectivity index (χ4v) is 3.24. The molecule has 1 fully saturated rings. The summed E-state index contributed by atoms with van der Waals surface area (Å²) in [6.07, 6.45) is 12.1. The minimum absolute atomic E-state index is 0.283. The monoisotopic (exact) mass is 301 g/mol. The van der Waals surface area contributed by atoms with Crippen LogP contribution in [-0.2, 0) is 6.42 Å². The molecule has 1 N–H and O–H groups in total. The SMILES string of the molecule is CCCCCCCCc1ccc(C(=O)CC2CCCN2)cc1. The zero-order chi connectivity index (χ0) is 15.6. The topological polar surface area (TPSA) is 29.1 Å². The van der Waals surface area contributed by atoms with E-state index in [0.717, 1.165) is 24.9 Å². The average molecular weight is 301 g/mol. The highest BCUT2D eigenvalue weighted by Crippen LogP contribution is 2.15. The Balaban J connectivity index is 1.69. The van der Waals surface area contributed by atoms with Gasteiger partial charge in [0.25, 0.3) is 0 Å². The van der Waals surface area contributed by atoms with Crippen LogP contribution in [0.4, 0.5) is 0 Å². The van der Waals surface area contributed by atoms with Gasteiger partial charge in [0.05, 0.1) is 0 Å². The predicted octanol–water partition coefficient (Wildman–Crippen LogP) is 4.91. The second kappa shape index (κ2) is 9.78. The third-order valence-corrected chi connectivity index (χ3v) is 4.69. The third-order valence-electron chi connectivity index (χ3n) is 4.69. The number of carbonyl (C=O) groups is 1. The molecule has 2 nitrogen and oxygen atoms in total. The van der Waals surface area contributed by atoms with Gasteiger partial charge in [0.15, 0.2) is 5.78 Å². The van der Waals surface area contributed by atoms with E-state index in [1.54, 1.807) is 0 Å². The Bertz CT molecular complexity index is 432. The van der Waals surface area contributed by atoms with Crippen LogP contribution in [0.5, 0.6) is 0 Å². The molecule has 2 rings (SSSR count). The first-order chi connectivity index (χ1) is 10.8. The molecular formula is C20H31NO. The van der Waals surface area contributed by atoms with Crippen LogP contribution in [-0.4, -0.2) is 18.4 Å². The summed E-state index contributed by atoms with van der Waals surface area (Å²) in [5.41, 5.74) is 2.24. The van der Waals surface area contributed by atoms with E-state index in [9.17, 15) is 4.79 Å². The third kappa shape index (κ3) is 5.92. The molecule has 0 amide bonds. The van der Waals surface area contributed by atoms with Gasteiger partial charge in [-0.3, -0.25) is 4.79 Å². The lowest BCUT2D eigenvalue weighted by Gasteiger charge is -2.09. The number of hydrogen-bond donors (Lipinski definition) is 1. The molecule has 0 saturated carbocycles. The maximum Gasteiger partial charge on any atom is 0.164 e. The van der Waals surface area contributed by atoms with Gasteiger partial charge in [-0.05, 0) is 37.8 Å². The molecule has 22 heavy (non-hydrogen) atoms. The summed E-state index contributed by atoms with van der Waals surface area (Å²) in [6, 6.07) is 8.71. The second-order valence-electron chi connectivity index (χ2n) is 6.64. The summed E-state index contributed by atoms with van der Waals surface area (Å²) in [5, 5.41) is 3.40. The summed E-state index contributed by atoms with van der Waals surface area (Å²) < 4.78 is 0. The molecule has 2 heteroatoms. The molecular weight excluding hydrogens is 270 g/mol. The van der Waals surface area contributed by atoms with Crippen molar-refractivity contribution in [2.24, 2.45) is 0 Å². The van der Waals surface area contributed by atoms with Crippen molar-refractivity contribution in [2.45, 2.75) is 77.2 Å². The van der Waals surface area contributed by atoms with E-state index < -0.39 is 0 Å². The van der Waals surface area contributed by atoms with Gasteiger partial charge in [0, 0.05) is 18.0 Å². The first kappa shape index (κ1) is 17.2. The minimum atomic E-state index is 0.283. The van der Waals surface area contributed by atoms with E-state index in [-0.39, 0.29) is 5.78 Å². The van der Waals surface area contributed by atoms with Crippen molar-refractivity contribution in [3.8, 4) is 0 Å². The number of hydrogen-bond acceptors (Lipinski definition) is 2. The number of aryl methyl sites for hydroxylation is 1. The average Bonchev–Trinajstić information content (AvgIpc) is 3.04. The van der Waals surface area contributed by atoms with Gasteiger partial charge < -0.3 is 5.32 Å². The van der Waals surface area contributed by atoms with Gasteiger partial charge in [-0.1, -0.05) is 63.3 Å². The quantitative estimate of drug-likeness (QED) is 0.491. The highest BCUT2D eigenvalue weighted by molar-refractivity contribution is 5.96. The predicted molar refractivity (Wildman–Crippen MR) is 93.5 cm³/mol. The minimum Gasteiger partial charge on any atom is -0.314 e. The van der Waals surface area contributed by atoms with Crippen molar-refractivity contribution in [3.05, 3.63) is 35.4 Å². The van der Waals surface area contributed by atoms with Gasteiger partial charge in [-0.2, -0.15) is 0 Å². The van der Waals surface area contributed by atoms with Gasteiger partial charge in [0.1, 0.15) is 0 Å². The van der Waals surface area contributed by atoms with Crippen molar-refractivity contribution >= 4 is 5.78 Å². The second-order valence-corrected chi connectivity index (χ2v) is 6.64. The lowest BCUT2D eigenvalue weighted by atomic mass is 9.99. The maximum absolute atomic E-state index is 12.2. The molecule has 0 aliphatic carbocycles. The van der Waals surface area contributed by atoms with Crippen LogP contribution in [0.3, 0.4) is 0 Å². The number of benzene rings is 1. The molecule has 1 saturated heterocycles. The fraction of sp³-hybridized carbons (Fsp3) is 0.650. The van der Waals surface area contributed by atoms with Gasteiger partial charge in [-0.15, -0.1) is 0 Å². The summed E-state index contributed by atoms with van der Waals surface area (Å²) in [5.74, 6) is 0.283. The van der Waals surface area contributed by atoms with E-state index >= 15 is 0 Å². The number of unbranched alkanes of at least 4 members (excludes halogenated alkanes) is 5. The highest BCUT2D eigenvalue weighted by Gasteiger charge is 2.18. The Hall–Kier alpha value is -1.15. The Morgan fingerprint density at radius 2 is 1.82 bits per heavy atom. The van der Waals surface area contributed by atoms with Crippen LogP contribution < -0.4 is 5.32 Å². The lowest BCUT2D eigenvalue weighted by molar-refractivity contribution is 0.0971. The summed E-state index contributed by atoms with van der Waals surface area (Å²) >= 11 is 0. The molecule has 1 aromatic carbocycles. The van der Waals surface area contributed by atoms with Crippen molar-refractivity contribution in [1.82, 2.24) is 5.32 Å². The van der Waals surface area contributed by atoms with Crippen LogP contribution in [0.25, 0.3) is 0 Å². The normalized spacial score (nSPS) is 17.8. The Morgan fingerprint density at radius 3 is 2.50 bits per heavy atom. The number of Topliss-reactive ketones (excluding diaryl/α,β-unsaturated/α-hetero) is 1. The zero-order valence-electron chi connectivity index (χ0n) is 14.1. The van der Waals surface area contributed by atoms with Crippen LogP contribution in [0.15, 0.2) is 24.3 Å². The van der Waals surface area contributed by atoms with Gasteiger partial charge >= 0.3 is 0 Å². The Morgan fingerprint density at radius 1 is 1.09 bits per heavy atom. The molecule has 1 aliphatic rings. The highest BCUT2D eigenvalue weighted by atomic mass is 16.1. The Labute approximate surface area is 135 Å². The van der Waals surface area contributed by atoms with Crippen LogP contribution >= 0.6 is 0 Å². The first-order valence-corrected chi connectivity index (χ1v) is 9.15. The molecule has 1 heterocycles. The van der Waals surface area contributed by atoms with E-state index in [1.165, 1.54) is 50.5 Å². The van der Waals surface area contributed by atoms with Crippen LogP contribution in [0, 0.1) is 0 Å². The number of rotatable bonds is 10. The van der Waals surface area contributed by atoms with Crippen molar-refractivity contribution in [3.63, 3.8) is 0 Å². The fourth-order valence-electron chi connectivity index (χ4n) is 3.24. The summed E-state index contributed by atoms with van der Waals surface area (Å²) in [4.78, 5) is 12.2. The zero-order valence-corrected chi connectivity index (χ0v) is 14.1. The molecule has 0 bridgehead atoms. The van der Waals surface area contributed by atoms with E-state index in [1.807, 2.05) is 12.1 Å². The smallest absolute Gasteiger partial charge is 0.164 e. The van der Waals surface area contributed by atoms with E-state index in [0.29, 0.717) is 12.5 Å². The number of nitrogens with one attached hydrogen (secondary N) is 1. The molecule has 1 aliphatic heterocycles. The van der Waals surface area contributed by atoms with Crippen LogP contribution in [0.2, 0.25) is 0 Å². The number of ketones is 1. The van der Waals surface area contributed by atoms with E-state index in [2.05, 4.69) is 24.4 Å². The van der Waals surface area contributed by atoms with Crippen molar-refractivity contribution < 1.29 is 4.79 Å². The van der Waals surface area contributed by atoms with Crippen LogP contribution in [0.1, 0.15) is 80.6 Å². The van der Waals surface area contributed by atoms with Gasteiger partial charge in [-0.25, -0.2) is 0 Å². The van der Waals surface area contributed by atoms with E-state index in [4.69, 9.17) is 0 Å². The molecule has 0 radical (unpaired) electrons. The molecule has 122 valence electrons. The standard InChI is InChI=1S/C20H31NO/c1-2-3-4-5-6-7-9-17-11-13-18(14-12-17)20(22)16-19-10-8-15-21-19/h11-14,19,21H,2-10,15-16H2,1H3. The van der Waals surface area contributed by atoms with Gasteiger partial charge in [0.2, 0.25) is 0 Å². The molecule has 0 spiro atoms. The first-order valence-electron chi connectivity index (χ1n) is 9.15. The molecule has 1 unspecified atom stereocenters. The summed E-state index contributed by atoms with van der Waals surface area (Å²) in [6.45, 7) is 3.32. The Kier molecular flexibility index (Phi) is 7.65. The maximum atomic E-state index is 12.2. The molecule has 0 aromatic heterocycles. The van der Waals surface area contributed by atoms with Crippen molar-refractivity contribution in [1.29, 1.82) is 0 Å². The van der Waals surface area contributed by atoms with Crippen molar-refractivity contribution in [2.75, 3.05) is 6.54 Å². The molecule has 1 atom stereocenters. The largest absolute Gasteiger partial charge is 0.314 e.